The number of hydrogen-bond donors (Lipinski definition) is 2. The largest absolute Gasteiger partial charge is 0.326 e. The van der Waals surface area contributed by atoms with Gasteiger partial charge in [-0.3, -0.25) is 14.9 Å². The average molecular weight is 460 g/mol. The van der Waals surface area contributed by atoms with Gasteiger partial charge in [-0.15, -0.1) is 16.4 Å². The Hall–Kier alpha value is -3.78. The van der Waals surface area contributed by atoms with E-state index in [0.29, 0.717) is 4.96 Å². The number of nitrogens with zero attached hydrogens (tertiary/aromatic N) is 3. The zero-order valence-corrected chi connectivity index (χ0v) is 19.7. The fraction of sp³-hybridized carbons (Fsp3) is 0.200. The summed E-state index contributed by atoms with van der Waals surface area (Å²) in [5.41, 5.74) is 4.78. The molecule has 8 heteroatoms. The lowest BCUT2D eigenvalue weighted by Gasteiger charge is -2.18. The molecule has 0 unspecified atom stereocenters. The molecular weight excluding hydrogens is 434 g/mol. The lowest BCUT2D eigenvalue weighted by Crippen LogP contribution is -2.10. The maximum Gasteiger partial charge on any atom is 0.250 e. The molecule has 0 fully saturated rings. The molecule has 0 atom stereocenters. The Morgan fingerprint density at radius 3 is 2.33 bits per heavy atom. The molecule has 4 aromatic rings. The molecule has 2 amide bonds. The van der Waals surface area contributed by atoms with Crippen molar-refractivity contribution in [1.82, 2.24) is 14.6 Å². The summed E-state index contributed by atoms with van der Waals surface area (Å²) in [7, 11) is 0. The van der Waals surface area contributed by atoms with E-state index in [0.717, 1.165) is 22.5 Å². The maximum absolute atomic E-state index is 12.4. The molecule has 0 bridgehead atoms. The van der Waals surface area contributed by atoms with E-state index in [-0.39, 0.29) is 23.2 Å². The number of aromatic nitrogens is 3. The van der Waals surface area contributed by atoms with E-state index < -0.39 is 0 Å². The first kappa shape index (κ1) is 22.4. The molecule has 2 aromatic heterocycles. The molecule has 4 rings (SSSR count). The van der Waals surface area contributed by atoms with Gasteiger partial charge in [-0.2, -0.15) is 4.98 Å². The van der Waals surface area contributed by atoms with Crippen molar-refractivity contribution < 1.29 is 9.59 Å². The molecule has 2 heterocycles. The lowest BCUT2D eigenvalue weighted by molar-refractivity contribution is -0.114. The molecule has 0 aliphatic carbocycles. The summed E-state index contributed by atoms with van der Waals surface area (Å²) in [5, 5.41) is 11.9. The van der Waals surface area contributed by atoms with Gasteiger partial charge in [-0.25, -0.2) is 4.52 Å². The third-order valence-corrected chi connectivity index (χ3v) is 5.84. The second kappa shape index (κ2) is 8.99. The Kier molecular flexibility index (Phi) is 6.11. The Morgan fingerprint density at radius 2 is 1.70 bits per heavy atom. The highest BCUT2D eigenvalue weighted by Crippen LogP contribution is 2.27. The molecule has 2 aromatic carbocycles. The lowest BCUT2D eigenvalue weighted by atomic mass is 9.87. The van der Waals surface area contributed by atoms with Crippen LogP contribution in [0.5, 0.6) is 0 Å². The smallest absolute Gasteiger partial charge is 0.250 e. The molecule has 0 saturated heterocycles. The van der Waals surface area contributed by atoms with E-state index in [4.69, 9.17) is 0 Å². The minimum absolute atomic E-state index is 0.0889. The van der Waals surface area contributed by atoms with Crippen molar-refractivity contribution in [3.63, 3.8) is 0 Å². The summed E-state index contributed by atoms with van der Waals surface area (Å²) in [6.45, 7) is 7.97. The van der Waals surface area contributed by atoms with Gasteiger partial charge in [0.1, 0.15) is 0 Å². The molecule has 2 N–H and O–H groups in total. The van der Waals surface area contributed by atoms with Crippen LogP contribution < -0.4 is 10.6 Å². The monoisotopic (exact) mass is 459 g/mol. The van der Waals surface area contributed by atoms with Gasteiger partial charge in [0.05, 0.1) is 5.69 Å². The second-order valence-corrected chi connectivity index (χ2v) is 9.54. The quantitative estimate of drug-likeness (QED) is 0.393. The Balaban J connectivity index is 1.45. The molecular formula is C25H25N5O2S. The summed E-state index contributed by atoms with van der Waals surface area (Å²) in [6.07, 6.45) is 3.24. The Morgan fingerprint density at radius 1 is 1.00 bits per heavy atom. The Labute approximate surface area is 196 Å². The van der Waals surface area contributed by atoms with Gasteiger partial charge < -0.3 is 5.32 Å². The van der Waals surface area contributed by atoms with Gasteiger partial charge in [0, 0.05) is 29.6 Å². The van der Waals surface area contributed by atoms with Crippen molar-refractivity contribution >= 4 is 45.8 Å². The van der Waals surface area contributed by atoms with Crippen LogP contribution in [0.15, 0.2) is 60.0 Å². The van der Waals surface area contributed by atoms with Crippen LogP contribution in [0.2, 0.25) is 0 Å². The number of hydrogen-bond acceptors (Lipinski definition) is 5. The summed E-state index contributed by atoms with van der Waals surface area (Å²) < 4.78 is 1.70. The number of benzene rings is 2. The van der Waals surface area contributed by atoms with Crippen molar-refractivity contribution in [3.05, 3.63) is 71.1 Å². The summed E-state index contributed by atoms with van der Waals surface area (Å²) >= 11 is 1.44. The summed E-state index contributed by atoms with van der Waals surface area (Å²) in [6, 6.07) is 15.6. The highest BCUT2D eigenvalue weighted by atomic mass is 32.1. The molecule has 0 aliphatic heterocycles. The van der Waals surface area contributed by atoms with Crippen LogP contribution in [0, 0.1) is 0 Å². The average Bonchev–Trinajstić information content (AvgIpc) is 3.32. The number of carbonyl (C=O) groups is 2. The van der Waals surface area contributed by atoms with Crippen LogP contribution in [-0.4, -0.2) is 26.4 Å². The zero-order chi connectivity index (χ0) is 23.6. The van der Waals surface area contributed by atoms with Crippen LogP contribution in [0.3, 0.4) is 0 Å². The van der Waals surface area contributed by atoms with Gasteiger partial charge in [-0.05, 0) is 34.8 Å². The number of anilines is 2. The second-order valence-electron chi connectivity index (χ2n) is 8.70. The topological polar surface area (TPSA) is 88.4 Å². The van der Waals surface area contributed by atoms with Crippen molar-refractivity contribution in [2.45, 2.75) is 33.1 Å². The number of fused-ring (bicyclic) bond motifs is 1. The van der Waals surface area contributed by atoms with Crippen LogP contribution >= 0.6 is 11.3 Å². The van der Waals surface area contributed by atoms with Crippen molar-refractivity contribution in [1.29, 1.82) is 0 Å². The third kappa shape index (κ3) is 5.35. The summed E-state index contributed by atoms with van der Waals surface area (Å²) in [5.74, 6) is -0.168. The standard InChI is InChI=1S/C25H25N5O2S/c1-16(31)26-20-12-8-18(9-13-20)21-15-33-24-28-23(29-30(21)24)27-22(32)14-7-17-5-10-19(11-6-17)25(2,3)4/h5-15H,1-4H3,(H,26,31)(H,27,29,32)/b14-7+. The highest BCUT2D eigenvalue weighted by Gasteiger charge is 2.14. The predicted octanol–water partition coefficient (Wildman–Crippen LogP) is 5.37. The van der Waals surface area contributed by atoms with E-state index in [1.165, 1.54) is 29.9 Å². The van der Waals surface area contributed by atoms with Crippen LogP contribution in [-0.2, 0) is 15.0 Å². The SMILES string of the molecule is CC(=O)Nc1ccc(-c2csc3nc(NC(=O)/C=C/c4ccc(C(C)(C)C)cc4)nn23)cc1. The first-order valence-corrected chi connectivity index (χ1v) is 11.4. The van der Waals surface area contributed by atoms with Gasteiger partial charge in [0.25, 0.3) is 11.9 Å². The molecule has 0 radical (unpaired) electrons. The van der Waals surface area contributed by atoms with E-state index in [1.54, 1.807) is 10.6 Å². The van der Waals surface area contributed by atoms with E-state index in [2.05, 4.69) is 53.6 Å². The predicted molar refractivity (Wildman–Crippen MR) is 133 cm³/mol. The fourth-order valence-corrected chi connectivity index (χ4v) is 4.11. The summed E-state index contributed by atoms with van der Waals surface area (Å²) in [4.78, 5) is 28.6. The minimum Gasteiger partial charge on any atom is -0.326 e. The highest BCUT2D eigenvalue weighted by molar-refractivity contribution is 7.15. The number of carbonyl (C=O) groups excluding carboxylic acids is 2. The number of rotatable bonds is 5. The third-order valence-electron chi connectivity index (χ3n) is 5.02. The van der Waals surface area contributed by atoms with E-state index >= 15 is 0 Å². The molecule has 0 spiro atoms. The maximum atomic E-state index is 12.4. The number of nitrogens with one attached hydrogen (secondary N) is 2. The number of thiazole rings is 1. The Bertz CT molecular complexity index is 1330. The van der Waals surface area contributed by atoms with Crippen molar-refractivity contribution in [3.8, 4) is 11.3 Å². The molecule has 33 heavy (non-hydrogen) atoms. The normalized spacial score (nSPS) is 11.8. The fourth-order valence-electron chi connectivity index (χ4n) is 3.28. The van der Waals surface area contributed by atoms with Crippen molar-refractivity contribution in [2.24, 2.45) is 0 Å². The number of amides is 2. The molecule has 0 saturated carbocycles. The van der Waals surface area contributed by atoms with Gasteiger partial charge in [-0.1, -0.05) is 57.2 Å². The van der Waals surface area contributed by atoms with Crippen LogP contribution in [0.1, 0.15) is 38.8 Å². The van der Waals surface area contributed by atoms with Gasteiger partial charge in [0.15, 0.2) is 0 Å². The minimum atomic E-state index is -0.297. The van der Waals surface area contributed by atoms with Crippen LogP contribution in [0.4, 0.5) is 11.6 Å². The first-order chi connectivity index (χ1) is 15.7. The zero-order valence-electron chi connectivity index (χ0n) is 18.9. The van der Waals surface area contributed by atoms with Gasteiger partial charge >= 0.3 is 0 Å². The van der Waals surface area contributed by atoms with Gasteiger partial charge in [0.2, 0.25) is 10.9 Å². The first-order valence-electron chi connectivity index (χ1n) is 10.5. The molecule has 168 valence electrons. The molecule has 0 aliphatic rings. The van der Waals surface area contributed by atoms with Crippen LogP contribution in [0.25, 0.3) is 22.3 Å². The van der Waals surface area contributed by atoms with E-state index in [9.17, 15) is 9.59 Å². The van der Waals surface area contributed by atoms with E-state index in [1.807, 2.05) is 41.8 Å². The molecule has 7 nitrogen and oxygen atoms in total. The van der Waals surface area contributed by atoms with Crippen molar-refractivity contribution in [2.75, 3.05) is 10.6 Å².